The van der Waals surface area contributed by atoms with Crippen molar-refractivity contribution >= 4 is 17.4 Å². The van der Waals surface area contributed by atoms with Gasteiger partial charge in [-0.15, -0.1) is 0 Å². The Labute approximate surface area is 191 Å². The molecule has 33 heavy (non-hydrogen) atoms. The number of fused-ring (bicyclic) bond motifs is 1. The predicted octanol–water partition coefficient (Wildman–Crippen LogP) is 3.54. The standard InChI is InChI=1S/C25H24N6O2/c1-16(32)25(33)31-11-9-18-12-19(2-3-20(18)15-31)24-26-10-8-23(30-24)29-22-6-4-17(5-7-22)21-13-27-28-14-21/h2-8,10,12-14,16,32H,9,11,15H2,1H3,(H,27,28)(H,26,29,30). The number of nitrogens with one attached hydrogen (secondary N) is 2. The third-order valence-corrected chi connectivity index (χ3v) is 5.79. The summed E-state index contributed by atoms with van der Waals surface area (Å²) in [5, 5.41) is 19.7. The summed E-state index contributed by atoms with van der Waals surface area (Å²) in [6.07, 6.45) is 5.16. The van der Waals surface area contributed by atoms with Gasteiger partial charge in [0.1, 0.15) is 11.9 Å². The van der Waals surface area contributed by atoms with Crippen LogP contribution in [-0.4, -0.2) is 48.7 Å². The Kier molecular flexibility index (Phi) is 5.58. The fourth-order valence-electron chi connectivity index (χ4n) is 4.01. The van der Waals surface area contributed by atoms with Gasteiger partial charge in [0.05, 0.1) is 6.20 Å². The van der Waals surface area contributed by atoms with Gasteiger partial charge in [-0.3, -0.25) is 9.89 Å². The number of carbonyl (C=O) groups is 1. The van der Waals surface area contributed by atoms with E-state index in [1.54, 1.807) is 17.3 Å². The van der Waals surface area contributed by atoms with Crippen LogP contribution in [0.5, 0.6) is 0 Å². The van der Waals surface area contributed by atoms with E-state index in [4.69, 9.17) is 4.98 Å². The Hall–Kier alpha value is -4.04. The van der Waals surface area contributed by atoms with Crippen LogP contribution in [0.15, 0.2) is 67.1 Å². The number of nitrogens with zero attached hydrogens (tertiary/aromatic N) is 4. The topological polar surface area (TPSA) is 107 Å². The summed E-state index contributed by atoms with van der Waals surface area (Å²) in [6.45, 7) is 2.61. The second kappa shape index (κ2) is 8.84. The van der Waals surface area contributed by atoms with Crippen molar-refractivity contribution in [3.63, 3.8) is 0 Å². The molecule has 0 spiro atoms. The summed E-state index contributed by atoms with van der Waals surface area (Å²) in [6, 6.07) is 16.0. The van der Waals surface area contributed by atoms with E-state index in [9.17, 15) is 9.90 Å². The Morgan fingerprint density at radius 3 is 2.67 bits per heavy atom. The highest BCUT2D eigenvalue weighted by molar-refractivity contribution is 5.80. The van der Waals surface area contributed by atoms with Crippen molar-refractivity contribution in [3.05, 3.63) is 78.2 Å². The molecule has 166 valence electrons. The molecule has 1 amide bonds. The van der Waals surface area contributed by atoms with Crippen molar-refractivity contribution < 1.29 is 9.90 Å². The lowest BCUT2D eigenvalue weighted by Crippen LogP contribution is -2.41. The summed E-state index contributed by atoms with van der Waals surface area (Å²) >= 11 is 0. The van der Waals surface area contributed by atoms with Gasteiger partial charge in [0.25, 0.3) is 5.91 Å². The second-order valence-corrected chi connectivity index (χ2v) is 8.12. The highest BCUT2D eigenvalue weighted by Gasteiger charge is 2.23. The maximum atomic E-state index is 12.1. The fourth-order valence-corrected chi connectivity index (χ4v) is 4.01. The monoisotopic (exact) mass is 440 g/mol. The van der Waals surface area contributed by atoms with Gasteiger partial charge in [-0.25, -0.2) is 9.97 Å². The molecule has 8 heteroatoms. The molecule has 2 aromatic heterocycles. The van der Waals surface area contributed by atoms with Crippen LogP contribution in [0.1, 0.15) is 18.1 Å². The molecular formula is C25H24N6O2. The smallest absolute Gasteiger partial charge is 0.251 e. The number of H-pyrrole nitrogens is 1. The van der Waals surface area contributed by atoms with E-state index in [0.29, 0.717) is 24.7 Å². The molecule has 5 rings (SSSR count). The van der Waals surface area contributed by atoms with Crippen LogP contribution < -0.4 is 5.32 Å². The zero-order chi connectivity index (χ0) is 22.8. The number of aliphatic hydroxyl groups excluding tert-OH is 1. The maximum Gasteiger partial charge on any atom is 0.251 e. The quantitative estimate of drug-likeness (QED) is 0.438. The number of aromatic amines is 1. The Bertz CT molecular complexity index is 1270. The molecule has 0 radical (unpaired) electrons. The van der Waals surface area contributed by atoms with Crippen LogP contribution in [0.25, 0.3) is 22.5 Å². The summed E-state index contributed by atoms with van der Waals surface area (Å²) in [7, 11) is 0. The van der Waals surface area contributed by atoms with Crippen molar-refractivity contribution in [1.82, 2.24) is 25.1 Å². The predicted molar refractivity (Wildman–Crippen MR) is 126 cm³/mol. The minimum absolute atomic E-state index is 0.232. The molecule has 0 saturated heterocycles. The molecule has 4 aromatic rings. The first-order valence-corrected chi connectivity index (χ1v) is 10.8. The van der Waals surface area contributed by atoms with Crippen molar-refractivity contribution in [3.8, 4) is 22.5 Å². The Balaban J connectivity index is 1.32. The molecule has 8 nitrogen and oxygen atoms in total. The zero-order valence-corrected chi connectivity index (χ0v) is 18.2. The van der Waals surface area contributed by atoms with E-state index in [1.165, 1.54) is 12.5 Å². The van der Waals surface area contributed by atoms with E-state index >= 15 is 0 Å². The number of benzene rings is 2. The minimum atomic E-state index is -0.976. The number of hydrogen-bond acceptors (Lipinski definition) is 6. The highest BCUT2D eigenvalue weighted by Crippen LogP contribution is 2.26. The van der Waals surface area contributed by atoms with Crippen molar-refractivity contribution in [2.75, 3.05) is 11.9 Å². The van der Waals surface area contributed by atoms with Gasteiger partial charge < -0.3 is 15.3 Å². The second-order valence-electron chi connectivity index (χ2n) is 8.12. The lowest BCUT2D eigenvalue weighted by Gasteiger charge is -2.30. The SMILES string of the molecule is CC(O)C(=O)N1CCc2cc(-c3nccc(Nc4ccc(-c5cn[nH]c5)cc4)n3)ccc2C1. The molecule has 1 aliphatic rings. The molecule has 1 unspecified atom stereocenters. The van der Waals surface area contributed by atoms with Crippen LogP contribution in [0.3, 0.4) is 0 Å². The normalized spacial score (nSPS) is 13.9. The number of aromatic nitrogens is 4. The molecule has 3 N–H and O–H groups in total. The minimum Gasteiger partial charge on any atom is -0.384 e. The third-order valence-electron chi connectivity index (χ3n) is 5.79. The highest BCUT2D eigenvalue weighted by atomic mass is 16.3. The molecule has 0 fully saturated rings. The summed E-state index contributed by atoms with van der Waals surface area (Å²) in [5.74, 6) is 1.12. The van der Waals surface area contributed by atoms with Gasteiger partial charge >= 0.3 is 0 Å². The largest absolute Gasteiger partial charge is 0.384 e. The van der Waals surface area contributed by atoms with E-state index in [2.05, 4.69) is 26.6 Å². The molecule has 0 bridgehead atoms. The van der Waals surface area contributed by atoms with Gasteiger partial charge in [0, 0.05) is 42.3 Å². The molecule has 0 aliphatic carbocycles. The van der Waals surface area contributed by atoms with Crippen LogP contribution >= 0.6 is 0 Å². The van der Waals surface area contributed by atoms with E-state index in [0.717, 1.165) is 34.4 Å². The van der Waals surface area contributed by atoms with Crippen LogP contribution in [0.2, 0.25) is 0 Å². The molecule has 1 aliphatic heterocycles. The molecule has 0 saturated carbocycles. The van der Waals surface area contributed by atoms with Crippen molar-refractivity contribution in [2.24, 2.45) is 0 Å². The summed E-state index contributed by atoms with van der Waals surface area (Å²) < 4.78 is 0. The number of carbonyl (C=O) groups excluding carboxylic acids is 1. The number of anilines is 2. The summed E-state index contributed by atoms with van der Waals surface area (Å²) in [5.41, 5.74) is 6.25. The van der Waals surface area contributed by atoms with Crippen LogP contribution in [0, 0.1) is 0 Å². The molecule has 3 heterocycles. The first-order chi connectivity index (χ1) is 16.1. The maximum absolute atomic E-state index is 12.1. The van der Waals surface area contributed by atoms with Crippen molar-refractivity contribution in [1.29, 1.82) is 0 Å². The first-order valence-electron chi connectivity index (χ1n) is 10.8. The first kappa shape index (κ1) is 20.8. The molecule has 2 aromatic carbocycles. The molecule has 1 atom stereocenters. The third kappa shape index (κ3) is 4.47. The average Bonchev–Trinajstić information content (AvgIpc) is 3.38. The number of hydrogen-bond donors (Lipinski definition) is 3. The molecular weight excluding hydrogens is 416 g/mol. The lowest BCUT2D eigenvalue weighted by molar-refractivity contribution is -0.140. The fraction of sp³-hybridized carbons (Fsp3) is 0.200. The van der Waals surface area contributed by atoms with Gasteiger partial charge in [-0.05, 0) is 54.3 Å². The van der Waals surface area contributed by atoms with E-state index in [1.807, 2.05) is 48.7 Å². The van der Waals surface area contributed by atoms with Gasteiger partial charge in [-0.2, -0.15) is 5.10 Å². The Morgan fingerprint density at radius 2 is 1.91 bits per heavy atom. The Morgan fingerprint density at radius 1 is 1.09 bits per heavy atom. The van der Waals surface area contributed by atoms with Crippen molar-refractivity contribution in [2.45, 2.75) is 26.0 Å². The van der Waals surface area contributed by atoms with Gasteiger partial charge in [0.2, 0.25) is 0 Å². The zero-order valence-electron chi connectivity index (χ0n) is 18.2. The van der Waals surface area contributed by atoms with Crippen LogP contribution in [-0.2, 0) is 17.8 Å². The van der Waals surface area contributed by atoms with Crippen LogP contribution in [0.4, 0.5) is 11.5 Å². The number of aliphatic hydroxyl groups is 1. The number of rotatable bonds is 5. The number of amides is 1. The van der Waals surface area contributed by atoms with Gasteiger partial charge in [0.15, 0.2) is 5.82 Å². The van der Waals surface area contributed by atoms with Gasteiger partial charge in [-0.1, -0.05) is 24.3 Å². The van der Waals surface area contributed by atoms with E-state index in [-0.39, 0.29) is 5.91 Å². The summed E-state index contributed by atoms with van der Waals surface area (Å²) in [4.78, 5) is 23.0. The average molecular weight is 441 g/mol. The van der Waals surface area contributed by atoms with E-state index < -0.39 is 6.10 Å². The lowest BCUT2D eigenvalue weighted by atomic mass is 9.96.